The van der Waals surface area contributed by atoms with Crippen LogP contribution in [0.4, 0.5) is 0 Å². The molecule has 3 heteroatoms. The summed E-state index contributed by atoms with van der Waals surface area (Å²) in [6, 6.07) is 7.58. The summed E-state index contributed by atoms with van der Waals surface area (Å²) in [7, 11) is 1.77. The molecule has 82 valence electrons. The van der Waals surface area contributed by atoms with Gasteiger partial charge in [-0.05, 0) is 25.5 Å². The van der Waals surface area contributed by atoms with Gasteiger partial charge in [-0.3, -0.25) is 4.79 Å². The van der Waals surface area contributed by atoms with Gasteiger partial charge in [0.1, 0.15) is 0 Å². The van der Waals surface area contributed by atoms with Crippen molar-refractivity contribution in [2.24, 2.45) is 0 Å². The van der Waals surface area contributed by atoms with Crippen LogP contribution in [0.15, 0.2) is 24.3 Å². The zero-order chi connectivity index (χ0) is 11.4. The first-order valence-corrected chi connectivity index (χ1v) is 5.41. The van der Waals surface area contributed by atoms with Gasteiger partial charge >= 0.3 is 0 Å². The highest BCUT2D eigenvalue weighted by Gasteiger charge is 2.14. The van der Waals surface area contributed by atoms with E-state index in [2.05, 4.69) is 0 Å². The molecular formula is C12H16ClNO. The number of hydrogen-bond donors (Lipinski definition) is 0. The second-order valence-electron chi connectivity index (χ2n) is 3.78. The second-order valence-corrected chi connectivity index (χ2v) is 4.53. The standard InChI is InChI=1S/C12H16ClNO/c1-9-6-4-5-7-11(9)12(15)14(3)8-10(2)13/h4-7,10H,8H2,1-3H3. The fourth-order valence-electron chi connectivity index (χ4n) is 1.48. The van der Waals surface area contributed by atoms with Crippen molar-refractivity contribution in [3.63, 3.8) is 0 Å². The lowest BCUT2D eigenvalue weighted by Crippen LogP contribution is -2.31. The molecule has 1 rings (SSSR count). The van der Waals surface area contributed by atoms with Crippen molar-refractivity contribution in [3.8, 4) is 0 Å². The van der Waals surface area contributed by atoms with E-state index in [-0.39, 0.29) is 11.3 Å². The topological polar surface area (TPSA) is 20.3 Å². The third kappa shape index (κ3) is 3.24. The summed E-state index contributed by atoms with van der Waals surface area (Å²) in [6.45, 7) is 4.38. The number of rotatable bonds is 3. The minimum Gasteiger partial charge on any atom is -0.340 e. The summed E-state index contributed by atoms with van der Waals surface area (Å²) >= 11 is 5.85. The molecule has 0 spiro atoms. The van der Waals surface area contributed by atoms with Crippen LogP contribution in [0.25, 0.3) is 0 Å². The van der Waals surface area contributed by atoms with Gasteiger partial charge in [0.25, 0.3) is 5.91 Å². The molecule has 2 nitrogen and oxygen atoms in total. The van der Waals surface area contributed by atoms with Gasteiger partial charge in [0.05, 0.1) is 0 Å². The maximum atomic E-state index is 12.0. The van der Waals surface area contributed by atoms with Crippen LogP contribution in [-0.4, -0.2) is 29.8 Å². The molecule has 0 aliphatic rings. The molecular weight excluding hydrogens is 210 g/mol. The molecule has 0 N–H and O–H groups in total. The Kier molecular flexibility index (Phi) is 4.15. The van der Waals surface area contributed by atoms with Crippen molar-refractivity contribution < 1.29 is 4.79 Å². The van der Waals surface area contributed by atoms with E-state index < -0.39 is 0 Å². The van der Waals surface area contributed by atoms with Crippen molar-refractivity contribution in [2.75, 3.05) is 13.6 Å². The molecule has 1 aromatic rings. The summed E-state index contributed by atoms with van der Waals surface area (Å²) in [5.74, 6) is 0.0283. The number of alkyl halides is 1. The molecule has 1 atom stereocenters. The first-order chi connectivity index (χ1) is 7.02. The number of halogens is 1. The van der Waals surface area contributed by atoms with Gasteiger partial charge in [-0.1, -0.05) is 18.2 Å². The molecule has 0 aromatic heterocycles. The molecule has 0 heterocycles. The molecule has 0 radical (unpaired) electrons. The Morgan fingerprint density at radius 3 is 2.60 bits per heavy atom. The molecule has 0 saturated carbocycles. The van der Waals surface area contributed by atoms with Gasteiger partial charge in [0, 0.05) is 24.5 Å². The van der Waals surface area contributed by atoms with Crippen LogP contribution in [-0.2, 0) is 0 Å². The Labute approximate surface area is 95.8 Å². The Balaban J connectivity index is 2.81. The predicted octanol–water partition coefficient (Wildman–Crippen LogP) is 2.69. The lowest BCUT2D eigenvalue weighted by Gasteiger charge is -2.19. The molecule has 1 aromatic carbocycles. The number of carbonyl (C=O) groups is 1. The van der Waals surface area contributed by atoms with E-state index in [1.165, 1.54) is 0 Å². The highest BCUT2D eigenvalue weighted by atomic mass is 35.5. The van der Waals surface area contributed by atoms with Crippen molar-refractivity contribution >= 4 is 17.5 Å². The Morgan fingerprint density at radius 2 is 2.07 bits per heavy atom. The molecule has 0 bridgehead atoms. The molecule has 0 saturated heterocycles. The number of carbonyl (C=O) groups excluding carboxylic acids is 1. The number of nitrogens with zero attached hydrogens (tertiary/aromatic N) is 1. The summed E-state index contributed by atoms with van der Waals surface area (Å²) in [5, 5.41) is -0.0250. The van der Waals surface area contributed by atoms with Crippen LogP contribution in [0.1, 0.15) is 22.8 Å². The van der Waals surface area contributed by atoms with Crippen LogP contribution >= 0.6 is 11.6 Å². The van der Waals surface area contributed by atoms with Crippen molar-refractivity contribution in [1.82, 2.24) is 4.90 Å². The van der Waals surface area contributed by atoms with E-state index in [1.54, 1.807) is 11.9 Å². The SMILES string of the molecule is Cc1ccccc1C(=O)N(C)CC(C)Cl. The number of aryl methyl sites for hydroxylation is 1. The smallest absolute Gasteiger partial charge is 0.253 e. The lowest BCUT2D eigenvalue weighted by atomic mass is 10.1. The van der Waals surface area contributed by atoms with E-state index in [0.717, 1.165) is 11.1 Å². The van der Waals surface area contributed by atoms with Crippen LogP contribution < -0.4 is 0 Å². The van der Waals surface area contributed by atoms with Gasteiger partial charge in [-0.15, -0.1) is 11.6 Å². The third-order valence-corrected chi connectivity index (χ3v) is 2.39. The van der Waals surface area contributed by atoms with E-state index in [9.17, 15) is 4.79 Å². The van der Waals surface area contributed by atoms with Crippen LogP contribution in [0.2, 0.25) is 0 Å². The Bertz CT molecular complexity index is 349. The van der Waals surface area contributed by atoms with Gasteiger partial charge in [-0.2, -0.15) is 0 Å². The van der Waals surface area contributed by atoms with E-state index in [0.29, 0.717) is 6.54 Å². The van der Waals surface area contributed by atoms with Crippen molar-refractivity contribution in [3.05, 3.63) is 35.4 Å². The van der Waals surface area contributed by atoms with Crippen LogP contribution in [0.3, 0.4) is 0 Å². The minimum atomic E-state index is -0.0250. The molecule has 15 heavy (non-hydrogen) atoms. The van der Waals surface area contributed by atoms with E-state index in [1.807, 2.05) is 38.1 Å². The summed E-state index contributed by atoms with van der Waals surface area (Å²) < 4.78 is 0. The van der Waals surface area contributed by atoms with Crippen molar-refractivity contribution in [2.45, 2.75) is 19.2 Å². The zero-order valence-corrected chi connectivity index (χ0v) is 10.1. The molecule has 0 aliphatic heterocycles. The maximum Gasteiger partial charge on any atom is 0.253 e. The largest absolute Gasteiger partial charge is 0.340 e. The molecule has 0 aliphatic carbocycles. The maximum absolute atomic E-state index is 12.0. The van der Waals surface area contributed by atoms with Crippen molar-refractivity contribution in [1.29, 1.82) is 0 Å². The quantitative estimate of drug-likeness (QED) is 0.725. The number of benzene rings is 1. The Morgan fingerprint density at radius 1 is 1.47 bits per heavy atom. The normalized spacial score (nSPS) is 12.3. The average molecular weight is 226 g/mol. The summed E-state index contributed by atoms with van der Waals surface area (Å²) in [5.41, 5.74) is 1.74. The predicted molar refractivity (Wildman–Crippen MR) is 63.5 cm³/mol. The summed E-state index contributed by atoms with van der Waals surface area (Å²) in [6.07, 6.45) is 0. The van der Waals surface area contributed by atoms with Gasteiger partial charge in [-0.25, -0.2) is 0 Å². The monoisotopic (exact) mass is 225 g/mol. The lowest BCUT2D eigenvalue weighted by molar-refractivity contribution is 0.0795. The average Bonchev–Trinajstić information content (AvgIpc) is 2.16. The fourth-order valence-corrected chi connectivity index (χ4v) is 1.69. The Hall–Kier alpha value is -1.02. The molecule has 1 amide bonds. The number of hydrogen-bond acceptors (Lipinski definition) is 1. The number of amides is 1. The third-order valence-electron chi connectivity index (χ3n) is 2.25. The van der Waals surface area contributed by atoms with Gasteiger partial charge in [0.15, 0.2) is 0 Å². The highest BCUT2D eigenvalue weighted by Crippen LogP contribution is 2.10. The van der Waals surface area contributed by atoms with E-state index in [4.69, 9.17) is 11.6 Å². The van der Waals surface area contributed by atoms with Gasteiger partial charge < -0.3 is 4.90 Å². The molecule has 1 unspecified atom stereocenters. The van der Waals surface area contributed by atoms with E-state index >= 15 is 0 Å². The summed E-state index contributed by atoms with van der Waals surface area (Å²) in [4.78, 5) is 13.6. The molecule has 0 fully saturated rings. The fraction of sp³-hybridized carbons (Fsp3) is 0.417. The minimum absolute atomic E-state index is 0.0250. The first-order valence-electron chi connectivity index (χ1n) is 4.97. The first kappa shape index (κ1) is 12.1. The van der Waals surface area contributed by atoms with Gasteiger partial charge in [0.2, 0.25) is 0 Å². The van der Waals surface area contributed by atoms with Crippen LogP contribution in [0, 0.1) is 6.92 Å². The highest BCUT2D eigenvalue weighted by molar-refractivity contribution is 6.20. The zero-order valence-electron chi connectivity index (χ0n) is 9.33. The van der Waals surface area contributed by atoms with Crippen LogP contribution in [0.5, 0.6) is 0 Å². The second kappa shape index (κ2) is 5.17.